The van der Waals surface area contributed by atoms with Crippen molar-refractivity contribution < 1.29 is 14.3 Å². The zero-order chi connectivity index (χ0) is 21.2. The molecule has 0 saturated heterocycles. The highest BCUT2D eigenvalue weighted by Crippen LogP contribution is 2.16. The summed E-state index contributed by atoms with van der Waals surface area (Å²) in [5, 5.41) is 8.51. The third-order valence-electron chi connectivity index (χ3n) is 4.21. The molecule has 0 aromatic heterocycles. The minimum Gasteiger partial charge on any atom is -0.491 e. The number of amides is 2. The monoisotopic (exact) mass is 413 g/mol. The van der Waals surface area contributed by atoms with Crippen LogP contribution in [0.15, 0.2) is 48.5 Å². The van der Waals surface area contributed by atoms with Gasteiger partial charge in [0.25, 0.3) is 11.8 Å². The van der Waals surface area contributed by atoms with Crippen LogP contribution in [0.25, 0.3) is 0 Å². The van der Waals surface area contributed by atoms with Crippen LogP contribution in [0.5, 0.6) is 5.75 Å². The van der Waals surface area contributed by atoms with E-state index in [0.717, 1.165) is 12.8 Å². The zero-order valence-corrected chi connectivity index (χ0v) is 17.8. The Balaban J connectivity index is 1.99. The molecule has 0 aliphatic carbocycles. The molecule has 0 fully saturated rings. The zero-order valence-electron chi connectivity index (χ0n) is 17.0. The topological polar surface area (TPSA) is 79.5 Å². The summed E-state index contributed by atoms with van der Waals surface area (Å²) in [4.78, 5) is 24.7. The Morgan fingerprint density at radius 1 is 1.03 bits per heavy atom. The number of nitrogens with one attached hydrogen (secondary N) is 3. The lowest BCUT2D eigenvalue weighted by molar-refractivity contribution is 0.0952. The maximum Gasteiger partial charge on any atom is 0.257 e. The van der Waals surface area contributed by atoms with Crippen LogP contribution < -0.4 is 20.7 Å². The number of hydrogen-bond donors (Lipinski definition) is 3. The predicted octanol–water partition coefficient (Wildman–Crippen LogP) is 4.13. The summed E-state index contributed by atoms with van der Waals surface area (Å²) >= 11 is 5.24. The second-order valence-corrected chi connectivity index (χ2v) is 6.98. The SMILES string of the molecule is CCCNC(=O)c1ccccc1NC(=S)NC(=O)c1ccc(OC(C)CC)cc1. The molecule has 2 amide bonds. The summed E-state index contributed by atoms with van der Waals surface area (Å²) in [5.41, 5.74) is 1.45. The standard InChI is InChI=1S/C22H27N3O3S/c1-4-14-23-21(27)18-8-6-7-9-19(18)24-22(29)25-20(26)16-10-12-17(13-11-16)28-15(3)5-2/h6-13,15H,4-5,14H2,1-3H3,(H,23,27)(H2,24,25,26,29). The second kappa shape index (κ2) is 11.2. The van der Waals surface area contributed by atoms with E-state index in [1.165, 1.54) is 0 Å². The Labute approximate surface area is 177 Å². The van der Waals surface area contributed by atoms with Crippen molar-refractivity contribution in [3.63, 3.8) is 0 Å². The van der Waals surface area contributed by atoms with Crippen molar-refractivity contribution in [3.05, 3.63) is 59.7 Å². The van der Waals surface area contributed by atoms with Crippen molar-refractivity contribution in [2.45, 2.75) is 39.7 Å². The Morgan fingerprint density at radius 3 is 2.38 bits per heavy atom. The van der Waals surface area contributed by atoms with Gasteiger partial charge in [0.15, 0.2) is 5.11 Å². The van der Waals surface area contributed by atoms with Crippen LogP contribution >= 0.6 is 12.2 Å². The van der Waals surface area contributed by atoms with Gasteiger partial charge in [-0.3, -0.25) is 14.9 Å². The number of benzene rings is 2. The minimum absolute atomic E-state index is 0.112. The van der Waals surface area contributed by atoms with Crippen molar-refractivity contribution in [1.82, 2.24) is 10.6 Å². The fraction of sp³-hybridized carbons (Fsp3) is 0.318. The fourth-order valence-corrected chi connectivity index (χ4v) is 2.66. The number of ether oxygens (including phenoxy) is 1. The lowest BCUT2D eigenvalue weighted by Crippen LogP contribution is -2.35. The van der Waals surface area contributed by atoms with Crippen LogP contribution in [0.2, 0.25) is 0 Å². The first-order valence-corrected chi connectivity index (χ1v) is 10.1. The molecule has 0 aliphatic heterocycles. The molecule has 2 aromatic carbocycles. The molecule has 0 spiro atoms. The number of para-hydroxylation sites is 1. The van der Waals surface area contributed by atoms with E-state index in [1.54, 1.807) is 48.5 Å². The molecule has 1 atom stereocenters. The number of carbonyl (C=O) groups excluding carboxylic acids is 2. The van der Waals surface area contributed by atoms with Gasteiger partial charge in [-0.05, 0) is 68.4 Å². The van der Waals surface area contributed by atoms with E-state index in [9.17, 15) is 9.59 Å². The number of thiocarbonyl (C=S) groups is 1. The van der Waals surface area contributed by atoms with Gasteiger partial charge in [0, 0.05) is 12.1 Å². The van der Waals surface area contributed by atoms with E-state index in [0.29, 0.717) is 29.1 Å². The van der Waals surface area contributed by atoms with E-state index >= 15 is 0 Å². The molecule has 2 rings (SSSR count). The summed E-state index contributed by atoms with van der Waals surface area (Å²) in [6, 6.07) is 13.9. The molecule has 3 N–H and O–H groups in total. The first kappa shape index (κ1) is 22.4. The molecule has 0 heterocycles. The Hall–Kier alpha value is -2.93. The maximum atomic E-state index is 12.4. The highest BCUT2D eigenvalue weighted by molar-refractivity contribution is 7.80. The quantitative estimate of drug-likeness (QED) is 0.567. The van der Waals surface area contributed by atoms with E-state index < -0.39 is 0 Å². The molecule has 29 heavy (non-hydrogen) atoms. The molecule has 7 heteroatoms. The summed E-state index contributed by atoms with van der Waals surface area (Å²) < 4.78 is 5.71. The van der Waals surface area contributed by atoms with Gasteiger partial charge in [0.05, 0.1) is 17.4 Å². The van der Waals surface area contributed by atoms with E-state index in [2.05, 4.69) is 16.0 Å². The number of anilines is 1. The van der Waals surface area contributed by atoms with E-state index in [-0.39, 0.29) is 23.0 Å². The first-order chi connectivity index (χ1) is 13.9. The summed E-state index contributed by atoms with van der Waals surface area (Å²) in [6.45, 7) is 6.61. The van der Waals surface area contributed by atoms with Crippen LogP contribution in [0.1, 0.15) is 54.3 Å². The summed E-state index contributed by atoms with van der Waals surface area (Å²) in [7, 11) is 0. The van der Waals surface area contributed by atoms with Gasteiger partial charge >= 0.3 is 0 Å². The van der Waals surface area contributed by atoms with E-state index in [1.807, 2.05) is 20.8 Å². The van der Waals surface area contributed by atoms with Crippen LogP contribution in [0, 0.1) is 0 Å². The van der Waals surface area contributed by atoms with Gasteiger partial charge in [-0.2, -0.15) is 0 Å². The Kier molecular flexibility index (Phi) is 8.61. The largest absolute Gasteiger partial charge is 0.491 e. The second-order valence-electron chi connectivity index (χ2n) is 6.57. The molecule has 1 unspecified atom stereocenters. The highest BCUT2D eigenvalue weighted by Gasteiger charge is 2.13. The Bertz CT molecular complexity index is 853. The van der Waals surface area contributed by atoms with Crippen molar-refractivity contribution in [2.75, 3.05) is 11.9 Å². The van der Waals surface area contributed by atoms with Crippen molar-refractivity contribution >= 4 is 34.8 Å². The number of carbonyl (C=O) groups is 2. The van der Waals surface area contributed by atoms with Gasteiger partial charge < -0.3 is 15.4 Å². The summed E-state index contributed by atoms with van der Waals surface area (Å²) in [5.74, 6) is 0.176. The van der Waals surface area contributed by atoms with Crippen molar-refractivity contribution in [1.29, 1.82) is 0 Å². The molecule has 6 nitrogen and oxygen atoms in total. The molecule has 2 aromatic rings. The van der Waals surface area contributed by atoms with Gasteiger partial charge in [0.2, 0.25) is 0 Å². The predicted molar refractivity (Wildman–Crippen MR) is 120 cm³/mol. The Morgan fingerprint density at radius 2 is 1.72 bits per heavy atom. The third-order valence-corrected chi connectivity index (χ3v) is 4.42. The first-order valence-electron chi connectivity index (χ1n) is 9.70. The molecule has 0 aliphatic rings. The average Bonchev–Trinajstić information content (AvgIpc) is 2.72. The fourth-order valence-electron chi connectivity index (χ4n) is 2.45. The van der Waals surface area contributed by atoms with Gasteiger partial charge in [-0.25, -0.2) is 0 Å². The lowest BCUT2D eigenvalue weighted by Gasteiger charge is -2.14. The molecule has 154 valence electrons. The van der Waals surface area contributed by atoms with Gasteiger partial charge in [-0.1, -0.05) is 26.0 Å². The highest BCUT2D eigenvalue weighted by atomic mass is 32.1. The number of rotatable bonds is 8. The minimum atomic E-state index is -0.342. The van der Waals surface area contributed by atoms with Crippen LogP contribution in [0.4, 0.5) is 5.69 Å². The van der Waals surface area contributed by atoms with Crippen LogP contribution in [-0.4, -0.2) is 29.6 Å². The molecular formula is C22H27N3O3S. The van der Waals surface area contributed by atoms with Crippen LogP contribution in [-0.2, 0) is 0 Å². The lowest BCUT2D eigenvalue weighted by atomic mass is 10.1. The van der Waals surface area contributed by atoms with Gasteiger partial charge in [0.1, 0.15) is 5.75 Å². The van der Waals surface area contributed by atoms with Gasteiger partial charge in [-0.15, -0.1) is 0 Å². The van der Waals surface area contributed by atoms with Crippen LogP contribution in [0.3, 0.4) is 0 Å². The third kappa shape index (κ3) is 6.87. The molecule has 0 bridgehead atoms. The molecule has 0 radical (unpaired) electrons. The molecular weight excluding hydrogens is 386 g/mol. The van der Waals surface area contributed by atoms with Crippen molar-refractivity contribution in [3.8, 4) is 5.75 Å². The molecule has 0 saturated carbocycles. The van der Waals surface area contributed by atoms with Crippen molar-refractivity contribution in [2.24, 2.45) is 0 Å². The maximum absolute atomic E-state index is 12.4. The smallest absolute Gasteiger partial charge is 0.257 e. The average molecular weight is 414 g/mol. The summed E-state index contributed by atoms with van der Waals surface area (Å²) in [6.07, 6.45) is 1.86. The number of hydrogen-bond acceptors (Lipinski definition) is 4. The van der Waals surface area contributed by atoms with E-state index in [4.69, 9.17) is 17.0 Å². The normalized spacial score (nSPS) is 11.3.